The van der Waals surface area contributed by atoms with E-state index in [0.29, 0.717) is 25.2 Å². The highest BCUT2D eigenvalue weighted by Crippen LogP contribution is 2.36. The van der Waals surface area contributed by atoms with Gasteiger partial charge in [0, 0.05) is 17.9 Å². The van der Waals surface area contributed by atoms with Crippen LogP contribution in [0.15, 0.2) is 30.5 Å². The van der Waals surface area contributed by atoms with E-state index in [-0.39, 0.29) is 24.2 Å². The summed E-state index contributed by atoms with van der Waals surface area (Å²) in [5.74, 6) is 0.179. The summed E-state index contributed by atoms with van der Waals surface area (Å²) in [6, 6.07) is 6.69. The van der Waals surface area contributed by atoms with Crippen molar-refractivity contribution >= 4 is 17.4 Å². The molecule has 0 spiro atoms. The third-order valence-electron chi connectivity index (χ3n) is 6.15. The maximum Gasteiger partial charge on any atom is 0.226 e. The number of amides is 1. The second-order valence-electron chi connectivity index (χ2n) is 8.62. The number of hydrogen-bond donors (Lipinski definition) is 2. The van der Waals surface area contributed by atoms with Gasteiger partial charge >= 0.3 is 0 Å². The number of likely N-dealkylation sites (tertiary alicyclic amines) is 1. The fourth-order valence-corrected chi connectivity index (χ4v) is 4.68. The van der Waals surface area contributed by atoms with E-state index in [1.165, 1.54) is 12.3 Å². The van der Waals surface area contributed by atoms with E-state index in [2.05, 4.69) is 10.3 Å². The molecule has 1 aliphatic carbocycles. The average molecular weight is 413 g/mol. The zero-order chi connectivity index (χ0) is 21.1. The van der Waals surface area contributed by atoms with E-state index in [0.717, 1.165) is 49.2 Å². The number of aryl methyl sites for hydroxylation is 1. The molecule has 160 valence electrons. The first-order valence-corrected chi connectivity index (χ1v) is 10.8. The van der Waals surface area contributed by atoms with Crippen molar-refractivity contribution in [1.82, 2.24) is 14.9 Å². The van der Waals surface area contributed by atoms with Crippen LogP contribution in [0.4, 0.5) is 15.9 Å². The lowest BCUT2D eigenvalue weighted by Gasteiger charge is -2.34. The van der Waals surface area contributed by atoms with Crippen LogP contribution in [0.1, 0.15) is 68.8 Å². The van der Waals surface area contributed by atoms with Gasteiger partial charge in [-0.3, -0.25) is 9.78 Å². The molecule has 4 rings (SSSR count). The highest BCUT2D eigenvalue weighted by Gasteiger charge is 2.37. The number of aromatic nitrogens is 2. The van der Waals surface area contributed by atoms with Crippen LogP contribution in [-0.4, -0.2) is 38.0 Å². The van der Waals surface area contributed by atoms with Gasteiger partial charge in [0.1, 0.15) is 11.6 Å². The first-order valence-electron chi connectivity index (χ1n) is 10.8. The first kappa shape index (κ1) is 20.7. The largest absolute Gasteiger partial charge is 0.389 e. The van der Waals surface area contributed by atoms with Crippen molar-refractivity contribution in [3.8, 4) is 0 Å². The smallest absolute Gasteiger partial charge is 0.226 e. The molecule has 30 heavy (non-hydrogen) atoms. The lowest BCUT2D eigenvalue weighted by atomic mass is 9.82. The Labute approximate surface area is 176 Å². The van der Waals surface area contributed by atoms with Crippen LogP contribution in [0, 0.1) is 12.7 Å². The number of anilines is 2. The molecule has 2 aliphatic rings. The number of nitrogens with zero attached hydrogens (tertiary/aromatic N) is 3. The van der Waals surface area contributed by atoms with E-state index in [9.17, 15) is 14.3 Å². The van der Waals surface area contributed by atoms with Gasteiger partial charge < -0.3 is 15.3 Å². The van der Waals surface area contributed by atoms with Crippen LogP contribution in [-0.2, 0) is 4.79 Å². The summed E-state index contributed by atoms with van der Waals surface area (Å²) >= 11 is 0. The van der Waals surface area contributed by atoms with Gasteiger partial charge in [0.15, 0.2) is 0 Å². The minimum atomic E-state index is -0.858. The van der Waals surface area contributed by atoms with Crippen LogP contribution in [0.3, 0.4) is 0 Å². The number of aliphatic hydroxyl groups is 1. The van der Waals surface area contributed by atoms with Gasteiger partial charge in [-0.1, -0.05) is 19.3 Å². The fraction of sp³-hybridized carbons (Fsp3) is 0.522. The average Bonchev–Trinajstić information content (AvgIpc) is 3.20. The number of rotatable bonds is 5. The molecule has 3 heterocycles. The maximum atomic E-state index is 13.1. The third kappa shape index (κ3) is 4.78. The van der Waals surface area contributed by atoms with Gasteiger partial charge in [0.2, 0.25) is 5.91 Å². The van der Waals surface area contributed by atoms with Gasteiger partial charge in [0.05, 0.1) is 30.0 Å². The van der Waals surface area contributed by atoms with Gasteiger partial charge in [0.25, 0.3) is 0 Å². The van der Waals surface area contributed by atoms with Crippen LogP contribution in [0.2, 0.25) is 0 Å². The highest BCUT2D eigenvalue weighted by molar-refractivity contribution is 5.78. The Morgan fingerprint density at radius 1 is 1.27 bits per heavy atom. The summed E-state index contributed by atoms with van der Waals surface area (Å²) in [4.78, 5) is 23.7. The van der Waals surface area contributed by atoms with Gasteiger partial charge in [-0.25, -0.2) is 9.37 Å². The van der Waals surface area contributed by atoms with Crippen molar-refractivity contribution in [3.63, 3.8) is 0 Å². The molecule has 1 atom stereocenters. The lowest BCUT2D eigenvalue weighted by molar-refractivity contribution is -0.138. The Balaban J connectivity index is 1.51. The molecule has 1 saturated carbocycles. The first-order chi connectivity index (χ1) is 14.4. The number of nitrogens with one attached hydrogen (secondary N) is 1. The van der Waals surface area contributed by atoms with E-state index in [1.807, 2.05) is 24.0 Å². The Morgan fingerprint density at radius 3 is 2.80 bits per heavy atom. The molecule has 0 unspecified atom stereocenters. The Hall–Kier alpha value is -2.54. The number of carbonyl (C=O) groups excluding carboxylic acids is 1. The van der Waals surface area contributed by atoms with E-state index < -0.39 is 5.60 Å². The summed E-state index contributed by atoms with van der Waals surface area (Å²) in [7, 11) is 0. The predicted molar refractivity (Wildman–Crippen MR) is 113 cm³/mol. The monoisotopic (exact) mass is 412 g/mol. The number of carbonyl (C=O) groups is 1. The predicted octanol–water partition coefficient (Wildman–Crippen LogP) is 4.42. The molecule has 1 amide bonds. The molecule has 0 aromatic carbocycles. The van der Waals surface area contributed by atoms with Crippen LogP contribution < -0.4 is 5.32 Å². The van der Waals surface area contributed by atoms with Crippen molar-refractivity contribution < 1.29 is 14.3 Å². The molecular formula is C23H29FN4O2. The van der Waals surface area contributed by atoms with E-state index >= 15 is 0 Å². The van der Waals surface area contributed by atoms with Crippen molar-refractivity contribution in [3.05, 3.63) is 47.7 Å². The van der Waals surface area contributed by atoms with Crippen molar-refractivity contribution in [2.45, 2.75) is 69.9 Å². The molecule has 7 heteroatoms. The Bertz CT molecular complexity index is 897. The van der Waals surface area contributed by atoms with Crippen LogP contribution >= 0.6 is 0 Å². The molecule has 0 bridgehead atoms. The second-order valence-corrected chi connectivity index (χ2v) is 8.62. The van der Waals surface area contributed by atoms with Gasteiger partial charge in [-0.15, -0.1) is 0 Å². The fourth-order valence-electron chi connectivity index (χ4n) is 4.68. The topological polar surface area (TPSA) is 78.4 Å². The molecule has 1 saturated heterocycles. The summed E-state index contributed by atoms with van der Waals surface area (Å²) in [5.41, 5.74) is 1.62. The highest BCUT2D eigenvalue weighted by atomic mass is 19.1. The molecule has 2 aromatic rings. The lowest BCUT2D eigenvalue weighted by Crippen LogP contribution is -2.40. The van der Waals surface area contributed by atoms with E-state index in [1.54, 1.807) is 6.07 Å². The molecule has 2 aromatic heterocycles. The molecule has 2 N–H and O–H groups in total. The molecular weight excluding hydrogens is 383 g/mol. The summed E-state index contributed by atoms with van der Waals surface area (Å²) < 4.78 is 13.1. The normalized spacial score (nSPS) is 20.9. The van der Waals surface area contributed by atoms with Crippen LogP contribution in [0.5, 0.6) is 0 Å². The van der Waals surface area contributed by atoms with Crippen molar-refractivity contribution in [1.29, 1.82) is 0 Å². The molecule has 0 radical (unpaired) electrons. The third-order valence-corrected chi connectivity index (χ3v) is 6.15. The van der Waals surface area contributed by atoms with Gasteiger partial charge in [-0.2, -0.15) is 0 Å². The van der Waals surface area contributed by atoms with Gasteiger partial charge in [-0.05, 0) is 56.9 Å². The molecule has 1 aliphatic heterocycles. The summed E-state index contributed by atoms with van der Waals surface area (Å²) in [6.45, 7) is 2.61. The van der Waals surface area contributed by atoms with Crippen molar-refractivity contribution in [2.75, 3.05) is 11.9 Å². The standard InChI is InChI=1S/C23H29FN4O2/c1-16-12-18(27-21-8-7-17(24)15-25-21)13-19(26-16)20-6-5-11-28(20)22(29)14-23(30)9-3-2-4-10-23/h7-8,12-13,15,20,30H,2-6,9-11,14H2,1H3,(H,25,26,27)/t20-/m1/s1. The zero-order valence-electron chi connectivity index (χ0n) is 17.4. The summed E-state index contributed by atoms with van der Waals surface area (Å²) in [6.07, 6.45) is 7.66. The second kappa shape index (κ2) is 8.68. The minimum absolute atomic E-state index is 0.0138. The number of pyridine rings is 2. The van der Waals surface area contributed by atoms with Crippen LogP contribution in [0.25, 0.3) is 0 Å². The SMILES string of the molecule is Cc1cc(Nc2ccc(F)cn2)cc([C@H]2CCCN2C(=O)CC2(O)CCCCC2)n1. The summed E-state index contributed by atoms with van der Waals surface area (Å²) in [5, 5.41) is 14.0. The molecule has 2 fully saturated rings. The Morgan fingerprint density at radius 2 is 2.07 bits per heavy atom. The maximum absolute atomic E-state index is 13.1. The van der Waals surface area contributed by atoms with E-state index in [4.69, 9.17) is 4.98 Å². The minimum Gasteiger partial charge on any atom is -0.389 e. The number of halogens is 1. The molecule has 6 nitrogen and oxygen atoms in total. The number of hydrogen-bond acceptors (Lipinski definition) is 5. The van der Waals surface area contributed by atoms with Crippen molar-refractivity contribution in [2.24, 2.45) is 0 Å². The zero-order valence-corrected chi connectivity index (χ0v) is 17.4. The Kier molecular flexibility index (Phi) is 5.99. The quantitative estimate of drug-likeness (QED) is 0.760.